The first-order chi connectivity index (χ1) is 13.4. The van der Waals surface area contributed by atoms with Crippen molar-refractivity contribution in [2.45, 2.75) is 40.5 Å². The molecule has 3 rings (SSSR count). The van der Waals surface area contributed by atoms with Gasteiger partial charge in [0.2, 0.25) is 5.91 Å². The van der Waals surface area contributed by atoms with Crippen LogP contribution in [0.25, 0.3) is 5.82 Å². The van der Waals surface area contributed by atoms with E-state index in [1.165, 1.54) is 0 Å². The number of carbonyl (C=O) groups is 1. The van der Waals surface area contributed by atoms with Crippen LogP contribution in [-0.2, 0) is 11.2 Å². The van der Waals surface area contributed by atoms with Crippen molar-refractivity contribution in [3.8, 4) is 5.82 Å². The highest BCUT2D eigenvalue weighted by atomic mass is 16.5. The average Bonchev–Trinajstić information content (AvgIpc) is 3.18. The molecule has 3 heterocycles. The largest absolute Gasteiger partial charge is 0.367 e. The van der Waals surface area contributed by atoms with Crippen LogP contribution < -0.4 is 10.6 Å². The minimum absolute atomic E-state index is 0.00670. The summed E-state index contributed by atoms with van der Waals surface area (Å²) < 4.78 is 6.86. The summed E-state index contributed by atoms with van der Waals surface area (Å²) >= 11 is 0. The highest BCUT2D eigenvalue weighted by molar-refractivity contribution is 5.76. The predicted octanol–water partition coefficient (Wildman–Crippen LogP) is 2.04. The number of nitrogens with one attached hydrogen (secondary N) is 2. The second-order valence-electron chi connectivity index (χ2n) is 6.70. The van der Waals surface area contributed by atoms with Crippen molar-refractivity contribution in [3.05, 3.63) is 46.6 Å². The van der Waals surface area contributed by atoms with Crippen molar-refractivity contribution in [2.24, 2.45) is 0 Å². The zero-order valence-electron chi connectivity index (χ0n) is 16.6. The topological polar surface area (TPSA) is 111 Å². The molecule has 0 unspecified atom stereocenters. The van der Waals surface area contributed by atoms with Crippen molar-refractivity contribution < 1.29 is 9.32 Å². The molecule has 0 bridgehead atoms. The molecule has 0 aliphatic rings. The Balaban J connectivity index is 1.40. The smallest absolute Gasteiger partial charge is 0.220 e. The first kappa shape index (κ1) is 19.5. The summed E-state index contributed by atoms with van der Waals surface area (Å²) in [6.45, 7) is 8.72. The molecule has 0 atom stereocenters. The molecule has 0 spiro atoms. The van der Waals surface area contributed by atoms with Crippen LogP contribution in [0.2, 0.25) is 0 Å². The molecule has 9 nitrogen and oxygen atoms in total. The molecule has 1 amide bonds. The molecule has 0 aliphatic carbocycles. The van der Waals surface area contributed by atoms with E-state index in [9.17, 15) is 4.79 Å². The summed E-state index contributed by atoms with van der Waals surface area (Å²) in [6.07, 6.45) is 1.03. The van der Waals surface area contributed by atoms with Gasteiger partial charge in [0, 0.05) is 30.8 Å². The normalized spacial score (nSPS) is 10.9. The number of anilines is 1. The first-order valence-corrected chi connectivity index (χ1v) is 9.23. The summed E-state index contributed by atoms with van der Waals surface area (Å²) in [7, 11) is 0. The number of carbonyl (C=O) groups excluding carboxylic acids is 1. The standard InChI is InChI=1S/C19H25N7O2/c1-12-11-13(2)26(24-12)18-7-6-17(22-23-18)20-9-10-21-19(27)8-5-16-14(3)25-28-15(16)4/h6-7,11H,5,8-10H2,1-4H3,(H,20,22)(H,21,27). The number of aryl methyl sites for hydroxylation is 4. The van der Waals surface area contributed by atoms with Gasteiger partial charge in [0.05, 0.1) is 11.4 Å². The van der Waals surface area contributed by atoms with Gasteiger partial charge in [-0.05, 0) is 52.3 Å². The van der Waals surface area contributed by atoms with Crippen LogP contribution >= 0.6 is 0 Å². The second kappa shape index (κ2) is 8.64. The number of aromatic nitrogens is 5. The molecular formula is C19H25N7O2. The van der Waals surface area contributed by atoms with E-state index >= 15 is 0 Å². The van der Waals surface area contributed by atoms with Crippen LogP contribution in [0.4, 0.5) is 5.82 Å². The van der Waals surface area contributed by atoms with E-state index in [1.54, 1.807) is 4.68 Å². The molecule has 0 aromatic carbocycles. The van der Waals surface area contributed by atoms with Crippen molar-refractivity contribution in [2.75, 3.05) is 18.4 Å². The van der Waals surface area contributed by atoms with E-state index in [0.717, 1.165) is 28.4 Å². The predicted molar refractivity (Wildman–Crippen MR) is 104 cm³/mol. The van der Waals surface area contributed by atoms with Gasteiger partial charge in [0.1, 0.15) is 11.6 Å². The zero-order valence-corrected chi connectivity index (χ0v) is 16.6. The van der Waals surface area contributed by atoms with Crippen molar-refractivity contribution in [1.29, 1.82) is 0 Å². The average molecular weight is 383 g/mol. The molecule has 148 valence electrons. The Morgan fingerprint density at radius 2 is 1.96 bits per heavy atom. The van der Waals surface area contributed by atoms with Gasteiger partial charge < -0.3 is 15.2 Å². The SMILES string of the molecule is Cc1cc(C)n(-c2ccc(NCCNC(=O)CCc3c(C)noc3C)nn2)n1. The minimum Gasteiger partial charge on any atom is -0.367 e. The number of rotatable bonds is 8. The molecule has 0 saturated heterocycles. The summed E-state index contributed by atoms with van der Waals surface area (Å²) in [5.41, 5.74) is 3.79. The van der Waals surface area contributed by atoms with Gasteiger partial charge >= 0.3 is 0 Å². The molecule has 0 fully saturated rings. The molecule has 28 heavy (non-hydrogen) atoms. The number of amides is 1. The summed E-state index contributed by atoms with van der Waals surface area (Å²) in [5, 5.41) is 22.7. The Kier molecular flexibility index (Phi) is 6.03. The maximum absolute atomic E-state index is 12.0. The fourth-order valence-corrected chi connectivity index (χ4v) is 2.97. The molecule has 3 aromatic rings. The second-order valence-corrected chi connectivity index (χ2v) is 6.70. The van der Waals surface area contributed by atoms with Gasteiger partial charge in [-0.1, -0.05) is 5.16 Å². The molecule has 9 heteroatoms. The van der Waals surface area contributed by atoms with Crippen LogP contribution in [0, 0.1) is 27.7 Å². The fraction of sp³-hybridized carbons (Fsp3) is 0.421. The quantitative estimate of drug-likeness (QED) is 0.573. The van der Waals surface area contributed by atoms with Gasteiger partial charge in [0.25, 0.3) is 0 Å². The zero-order chi connectivity index (χ0) is 20.1. The first-order valence-electron chi connectivity index (χ1n) is 9.23. The Hall–Kier alpha value is -3.23. The number of hydrogen-bond acceptors (Lipinski definition) is 7. The Labute approximate surface area is 163 Å². The third-order valence-corrected chi connectivity index (χ3v) is 4.41. The maximum atomic E-state index is 12.0. The summed E-state index contributed by atoms with van der Waals surface area (Å²) in [6, 6.07) is 5.69. The van der Waals surface area contributed by atoms with Crippen molar-refractivity contribution in [1.82, 2.24) is 30.5 Å². The fourth-order valence-electron chi connectivity index (χ4n) is 2.97. The molecule has 3 aromatic heterocycles. The van der Waals surface area contributed by atoms with Crippen LogP contribution in [0.3, 0.4) is 0 Å². The Bertz CT molecular complexity index is 924. The van der Waals surface area contributed by atoms with Gasteiger partial charge in [0.15, 0.2) is 5.82 Å². The maximum Gasteiger partial charge on any atom is 0.220 e. The molecular weight excluding hydrogens is 358 g/mol. The summed E-state index contributed by atoms with van der Waals surface area (Å²) in [4.78, 5) is 12.0. The van der Waals surface area contributed by atoms with Crippen LogP contribution in [0.5, 0.6) is 0 Å². The van der Waals surface area contributed by atoms with Crippen LogP contribution in [0.15, 0.2) is 22.7 Å². The lowest BCUT2D eigenvalue weighted by molar-refractivity contribution is -0.120. The lowest BCUT2D eigenvalue weighted by atomic mass is 10.1. The van der Waals surface area contributed by atoms with Gasteiger partial charge in [-0.25, -0.2) is 4.68 Å². The lowest BCUT2D eigenvalue weighted by Gasteiger charge is -2.08. The van der Waals surface area contributed by atoms with E-state index in [4.69, 9.17) is 4.52 Å². The monoisotopic (exact) mass is 383 g/mol. The van der Waals surface area contributed by atoms with Crippen molar-refractivity contribution in [3.63, 3.8) is 0 Å². The summed E-state index contributed by atoms with van der Waals surface area (Å²) in [5.74, 6) is 2.08. The van der Waals surface area contributed by atoms with Gasteiger partial charge in [-0.3, -0.25) is 4.79 Å². The number of nitrogens with zero attached hydrogens (tertiary/aromatic N) is 5. The Morgan fingerprint density at radius 3 is 2.57 bits per heavy atom. The third kappa shape index (κ3) is 4.73. The van der Waals surface area contributed by atoms with Crippen molar-refractivity contribution >= 4 is 11.7 Å². The van der Waals surface area contributed by atoms with Crippen LogP contribution in [-0.4, -0.2) is 44.1 Å². The third-order valence-electron chi connectivity index (χ3n) is 4.41. The highest BCUT2D eigenvalue weighted by Gasteiger charge is 2.11. The van der Waals surface area contributed by atoms with E-state index in [2.05, 4.69) is 31.1 Å². The van der Waals surface area contributed by atoms with E-state index in [1.807, 2.05) is 45.9 Å². The highest BCUT2D eigenvalue weighted by Crippen LogP contribution is 2.14. The molecule has 2 N–H and O–H groups in total. The van der Waals surface area contributed by atoms with Crippen LogP contribution in [0.1, 0.15) is 34.8 Å². The van der Waals surface area contributed by atoms with Gasteiger partial charge in [-0.15, -0.1) is 10.2 Å². The lowest BCUT2D eigenvalue weighted by Crippen LogP contribution is -2.29. The van der Waals surface area contributed by atoms with Gasteiger partial charge in [-0.2, -0.15) is 5.10 Å². The minimum atomic E-state index is -0.00670. The Morgan fingerprint density at radius 1 is 1.14 bits per heavy atom. The molecule has 0 aliphatic heterocycles. The van der Waals surface area contributed by atoms with E-state index < -0.39 is 0 Å². The molecule has 0 saturated carbocycles. The van der Waals surface area contributed by atoms with E-state index in [-0.39, 0.29) is 5.91 Å². The number of hydrogen-bond donors (Lipinski definition) is 2. The van der Waals surface area contributed by atoms with E-state index in [0.29, 0.717) is 37.6 Å². The molecule has 0 radical (unpaired) electrons.